The van der Waals surface area contributed by atoms with Crippen molar-refractivity contribution in [2.45, 2.75) is 12.8 Å². The van der Waals surface area contributed by atoms with Gasteiger partial charge in [0.05, 0.1) is 6.20 Å². The van der Waals surface area contributed by atoms with E-state index in [1.165, 1.54) is 6.33 Å². The number of halogens is 1. The van der Waals surface area contributed by atoms with E-state index in [4.69, 9.17) is 16.7 Å². The zero-order chi connectivity index (χ0) is 10.7. The average Bonchev–Trinajstić information content (AvgIpc) is 2.68. The second-order valence-corrected chi connectivity index (χ2v) is 4.21. The monoisotopic (exact) mass is 227 g/mol. The first-order valence-corrected chi connectivity index (χ1v) is 5.50. The van der Waals surface area contributed by atoms with E-state index in [1.54, 1.807) is 6.20 Å². The first-order chi connectivity index (χ1) is 7.31. The van der Waals surface area contributed by atoms with Crippen LogP contribution in [-0.2, 0) is 0 Å². The highest BCUT2D eigenvalue weighted by Crippen LogP contribution is 2.28. The van der Waals surface area contributed by atoms with E-state index in [-0.39, 0.29) is 6.61 Å². The number of rotatable bonds is 3. The van der Waals surface area contributed by atoms with Crippen LogP contribution in [0.25, 0.3) is 0 Å². The van der Waals surface area contributed by atoms with Gasteiger partial charge in [-0.05, 0) is 18.8 Å². The Morgan fingerprint density at radius 2 is 2.47 bits per heavy atom. The fourth-order valence-electron chi connectivity index (χ4n) is 1.98. The van der Waals surface area contributed by atoms with Crippen molar-refractivity contribution in [3.8, 4) is 0 Å². The summed E-state index contributed by atoms with van der Waals surface area (Å²) >= 11 is 6.01. The summed E-state index contributed by atoms with van der Waals surface area (Å²) in [6.45, 7) is 2.15. The van der Waals surface area contributed by atoms with Crippen LogP contribution in [0.15, 0.2) is 12.5 Å². The molecule has 4 nitrogen and oxygen atoms in total. The van der Waals surface area contributed by atoms with Crippen LogP contribution in [0, 0.1) is 5.92 Å². The summed E-state index contributed by atoms with van der Waals surface area (Å²) in [6.07, 6.45) is 5.09. The number of anilines is 1. The van der Waals surface area contributed by atoms with Crippen molar-refractivity contribution in [2.75, 3.05) is 24.6 Å². The largest absolute Gasteiger partial charge is 0.396 e. The van der Waals surface area contributed by atoms with Crippen LogP contribution in [0.3, 0.4) is 0 Å². The molecule has 0 aliphatic carbocycles. The Balaban J connectivity index is 2.04. The number of nitrogens with zero attached hydrogens (tertiary/aromatic N) is 3. The molecule has 1 aromatic heterocycles. The van der Waals surface area contributed by atoms with Gasteiger partial charge < -0.3 is 10.0 Å². The molecule has 0 bridgehead atoms. The van der Waals surface area contributed by atoms with Crippen molar-refractivity contribution in [1.82, 2.24) is 9.97 Å². The standard InChI is InChI=1S/C10H14ClN3O/c11-9-5-12-7-13-10(9)14-3-1-8(6-14)2-4-15/h5,7-8,15H,1-4,6H2. The first-order valence-electron chi connectivity index (χ1n) is 5.12. The molecule has 1 atom stereocenters. The Morgan fingerprint density at radius 1 is 1.60 bits per heavy atom. The first kappa shape index (κ1) is 10.6. The van der Waals surface area contributed by atoms with Crippen molar-refractivity contribution < 1.29 is 5.11 Å². The summed E-state index contributed by atoms with van der Waals surface area (Å²) in [6, 6.07) is 0. The van der Waals surface area contributed by atoms with Crippen molar-refractivity contribution >= 4 is 17.4 Å². The second-order valence-electron chi connectivity index (χ2n) is 3.81. The van der Waals surface area contributed by atoms with Gasteiger partial charge in [0, 0.05) is 19.7 Å². The van der Waals surface area contributed by atoms with Gasteiger partial charge in [0.2, 0.25) is 0 Å². The minimum absolute atomic E-state index is 0.260. The highest BCUT2D eigenvalue weighted by molar-refractivity contribution is 6.32. The lowest BCUT2D eigenvalue weighted by atomic mass is 10.1. The topological polar surface area (TPSA) is 49.2 Å². The van der Waals surface area contributed by atoms with Crippen LogP contribution in [0.5, 0.6) is 0 Å². The summed E-state index contributed by atoms with van der Waals surface area (Å²) in [7, 11) is 0. The fraction of sp³-hybridized carbons (Fsp3) is 0.600. The molecule has 0 aromatic carbocycles. The van der Waals surface area contributed by atoms with E-state index in [2.05, 4.69) is 14.9 Å². The van der Waals surface area contributed by atoms with Crippen molar-refractivity contribution in [3.63, 3.8) is 0 Å². The Labute approximate surface area is 93.9 Å². The van der Waals surface area contributed by atoms with Gasteiger partial charge in [0.25, 0.3) is 0 Å². The molecule has 1 aliphatic rings. The molecule has 1 N–H and O–H groups in total. The number of aromatic nitrogens is 2. The van der Waals surface area contributed by atoms with Crippen LogP contribution in [0.4, 0.5) is 5.82 Å². The summed E-state index contributed by atoms with van der Waals surface area (Å²) in [5.41, 5.74) is 0. The lowest BCUT2D eigenvalue weighted by Gasteiger charge is -2.17. The molecule has 2 heterocycles. The van der Waals surface area contributed by atoms with Gasteiger partial charge in [-0.2, -0.15) is 0 Å². The van der Waals surface area contributed by atoms with E-state index in [0.29, 0.717) is 10.9 Å². The van der Waals surface area contributed by atoms with E-state index in [0.717, 1.165) is 31.7 Å². The number of aliphatic hydroxyl groups excluding tert-OH is 1. The van der Waals surface area contributed by atoms with Gasteiger partial charge in [-0.3, -0.25) is 0 Å². The maximum Gasteiger partial charge on any atom is 0.150 e. The Hall–Kier alpha value is -0.870. The Morgan fingerprint density at radius 3 is 3.20 bits per heavy atom. The molecule has 1 unspecified atom stereocenters. The zero-order valence-corrected chi connectivity index (χ0v) is 9.19. The van der Waals surface area contributed by atoms with E-state index in [9.17, 15) is 0 Å². The molecule has 1 fully saturated rings. The van der Waals surface area contributed by atoms with Gasteiger partial charge in [0.1, 0.15) is 11.3 Å². The highest BCUT2D eigenvalue weighted by Gasteiger charge is 2.24. The molecule has 82 valence electrons. The predicted octanol–water partition coefficient (Wildman–Crippen LogP) is 1.34. The third-order valence-corrected chi connectivity index (χ3v) is 3.04. The van der Waals surface area contributed by atoms with Gasteiger partial charge >= 0.3 is 0 Å². The summed E-state index contributed by atoms with van der Waals surface area (Å²) in [5, 5.41) is 9.47. The maximum atomic E-state index is 8.87. The van der Waals surface area contributed by atoms with Crippen molar-refractivity contribution in [2.24, 2.45) is 5.92 Å². The molecule has 2 rings (SSSR count). The lowest BCUT2D eigenvalue weighted by Crippen LogP contribution is -2.21. The third-order valence-electron chi connectivity index (χ3n) is 2.77. The number of hydrogen-bond acceptors (Lipinski definition) is 4. The Kier molecular flexibility index (Phi) is 3.38. The van der Waals surface area contributed by atoms with Gasteiger partial charge in [-0.15, -0.1) is 0 Å². The SMILES string of the molecule is OCCC1CCN(c2ncncc2Cl)C1. The molecule has 0 amide bonds. The maximum absolute atomic E-state index is 8.87. The Bertz CT molecular complexity index is 334. The molecule has 0 radical (unpaired) electrons. The summed E-state index contributed by atoms with van der Waals surface area (Å²) in [5.74, 6) is 1.37. The summed E-state index contributed by atoms with van der Waals surface area (Å²) < 4.78 is 0. The van der Waals surface area contributed by atoms with Gasteiger partial charge in [-0.25, -0.2) is 9.97 Å². The molecule has 1 aromatic rings. The average molecular weight is 228 g/mol. The second kappa shape index (κ2) is 4.77. The molecule has 0 saturated carbocycles. The quantitative estimate of drug-likeness (QED) is 0.847. The zero-order valence-electron chi connectivity index (χ0n) is 8.43. The number of hydrogen-bond donors (Lipinski definition) is 1. The van der Waals surface area contributed by atoms with E-state index >= 15 is 0 Å². The van der Waals surface area contributed by atoms with Crippen LogP contribution in [-0.4, -0.2) is 34.8 Å². The normalized spacial score (nSPS) is 20.9. The molecule has 0 spiro atoms. The fourth-order valence-corrected chi connectivity index (χ4v) is 2.21. The van der Waals surface area contributed by atoms with Crippen molar-refractivity contribution in [1.29, 1.82) is 0 Å². The third kappa shape index (κ3) is 2.38. The van der Waals surface area contributed by atoms with Crippen molar-refractivity contribution in [3.05, 3.63) is 17.5 Å². The van der Waals surface area contributed by atoms with Crippen LogP contribution in [0.1, 0.15) is 12.8 Å². The van der Waals surface area contributed by atoms with Gasteiger partial charge in [0.15, 0.2) is 5.82 Å². The van der Waals surface area contributed by atoms with E-state index in [1.807, 2.05) is 0 Å². The van der Waals surface area contributed by atoms with Crippen LogP contribution < -0.4 is 4.90 Å². The predicted molar refractivity (Wildman–Crippen MR) is 59.1 cm³/mol. The molecular formula is C10H14ClN3O. The number of aliphatic hydroxyl groups is 1. The molecule has 5 heteroatoms. The summed E-state index contributed by atoms with van der Waals surface area (Å²) in [4.78, 5) is 10.2. The molecule has 1 aliphatic heterocycles. The van der Waals surface area contributed by atoms with Crippen LogP contribution in [0.2, 0.25) is 5.02 Å². The van der Waals surface area contributed by atoms with E-state index < -0.39 is 0 Å². The minimum Gasteiger partial charge on any atom is -0.396 e. The molecule has 1 saturated heterocycles. The molecule has 15 heavy (non-hydrogen) atoms. The highest BCUT2D eigenvalue weighted by atomic mass is 35.5. The molecular weight excluding hydrogens is 214 g/mol. The smallest absolute Gasteiger partial charge is 0.150 e. The van der Waals surface area contributed by atoms with Crippen LogP contribution >= 0.6 is 11.6 Å². The van der Waals surface area contributed by atoms with Gasteiger partial charge in [-0.1, -0.05) is 11.6 Å². The minimum atomic E-state index is 0.260. The lowest BCUT2D eigenvalue weighted by molar-refractivity contribution is 0.263.